The van der Waals surface area contributed by atoms with E-state index in [1.807, 2.05) is 30.5 Å². The second-order valence-electron chi connectivity index (χ2n) is 4.23. The highest BCUT2D eigenvalue weighted by Gasteiger charge is 2.31. The number of aromatic nitrogens is 1. The second-order valence-corrected chi connectivity index (χ2v) is 4.23. The van der Waals surface area contributed by atoms with E-state index in [0.29, 0.717) is 0 Å². The number of nitrogens with zero attached hydrogens (tertiary/aromatic N) is 1. The SMILES string of the molecule is OC1Cc2ccccc2C1c1cccnc1. The van der Waals surface area contributed by atoms with Gasteiger partial charge in [0.1, 0.15) is 0 Å². The molecule has 0 fully saturated rings. The molecule has 0 aliphatic heterocycles. The average molecular weight is 211 g/mol. The number of rotatable bonds is 1. The summed E-state index contributed by atoms with van der Waals surface area (Å²) in [6, 6.07) is 12.2. The maximum absolute atomic E-state index is 10.1. The number of benzene rings is 1. The maximum atomic E-state index is 10.1. The van der Waals surface area contributed by atoms with Gasteiger partial charge in [0.2, 0.25) is 0 Å². The van der Waals surface area contributed by atoms with E-state index >= 15 is 0 Å². The molecule has 0 spiro atoms. The number of pyridine rings is 1. The summed E-state index contributed by atoms with van der Waals surface area (Å²) in [5.74, 6) is 0.0879. The lowest BCUT2D eigenvalue weighted by Gasteiger charge is -2.15. The van der Waals surface area contributed by atoms with Gasteiger partial charge < -0.3 is 5.11 Å². The smallest absolute Gasteiger partial charge is 0.0690 e. The Hall–Kier alpha value is -1.67. The van der Waals surface area contributed by atoms with E-state index in [0.717, 1.165) is 12.0 Å². The van der Waals surface area contributed by atoms with Crippen molar-refractivity contribution in [2.75, 3.05) is 0 Å². The van der Waals surface area contributed by atoms with Crippen molar-refractivity contribution in [1.29, 1.82) is 0 Å². The molecule has 1 N–H and O–H groups in total. The molecule has 1 aliphatic carbocycles. The molecule has 2 nitrogen and oxygen atoms in total. The highest BCUT2D eigenvalue weighted by atomic mass is 16.3. The van der Waals surface area contributed by atoms with Crippen LogP contribution in [0.3, 0.4) is 0 Å². The molecule has 2 heteroatoms. The first-order valence-electron chi connectivity index (χ1n) is 5.52. The summed E-state index contributed by atoms with van der Waals surface area (Å²) in [6.45, 7) is 0. The van der Waals surface area contributed by atoms with E-state index in [-0.39, 0.29) is 12.0 Å². The Kier molecular flexibility index (Phi) is 2.22. The van der Waals surface area contributed by atoms with Gasteiger partial charge in [-0.15, -0.1) is 0 Å². The van der Waals surface area contributed by atoms with Crippen molar-refractivity contribution in [2.24, 2.45) is 0 Å². The monoisotopic (exact) mass is 211 g/mol. The molecule has 1 heterocycles. The van der Waals surface area contributed by atoms with Gasteiger partial charge in [-0.1, -0.05) is 30.3 Å². The van der Waals surface area contributed by atoms with Gasteiger partial charge in [0.25, 0.3) is 0 Å². The van der Waals surface area contributed by atoms with E-state index in [1.165, 1.54) is 11.1 Å². The molecule has 2 atom stereocenters. The van der Waals surface area contributed by atoms with Crippen LogP contribution in [0.2, 0.25) is 0 Å². The van der Waals surface area contributed by atoms with Gasteiger partial charge in [0.15, 0.2) is 0 Å². The zero-order chi connectivity index (χ0) is 11.0. The zero-order valence-electron chi connectivity index (χ0n) is 8.88. The van der Waals surface area contributed by atoms with E-state index < -0.39 is 0 Å². The number of fused-ring (bicyclic) bond motifs is 1. The molecule has 0 radical (unpaired) electrons. The standard InChI is InChI=1S/C14H13NO/c16-13-8-10-4-1-2-6-12(10)14(13)11-5-3-7-15-9-11/h1-7,9,13-14,16H,8H2. The van der Waals surface area contributed by atoms with Crippen LogP contribution in [-0.2, 0) is 6.42 Å². The lowest BCUT2D eigenvalue weighted by atomic mass is 9.93. The lowest BCUT2D eigenvalue weighted by molar-refractivity contribution is 0.169. The summed E-state index contributed by atoms with van der Waals surface area (Å²) in [6.07, 6.45) is 4.03. The fraction of sp³-hybridized carbons (Fsp3) is 0.214. The largest absolute Gasteiger partial charge is 0.392 e. The first-order valence-corrected chi connectivity index (χ1v) is 5.52. The Morgan fingerprint density at radius 3 is 2.81 bits per heavy atom. The van der Waals surface area contributed by atoms with Crippen molar-refractivity contribution in [2.45, 2.75) is 18.4 Å². The molecule has 0 bridgehead atoms. The molecule has 16 heavy (non-hydrogen) atoms. The van der Waals surface area contributed by atoms with Crippen LogP contribution in [0, 0.1) is 0 Å². The summed E-state index contributed by atoms with van der Waals surface area (Å²) < 4.78 is 0. The molecular formula is C14H13NO. The minimum absolute atomic E-state index is 0.0879. The number of hydrogen-bond donors (Lipinski definition) is 1. The van der Waals surface area contributed by atoms with Gasteiger partial charge in [0.05, 0.1) is 6.10 Å². The van der Waals surface area contributed by atoms with Crippen molar-refractivity contribution in [3.05, 3.63) is 65.5 Å². The van der Waals surface area contributed by atoms with Crippen molar-refractivity contribution in [3.8, 4) is 0 Å². The molecule has 80 valence electrons. The molecule has 1 aromatic heterocycles. The third-order valence-corrected chi connectivity index (χ3v) is 3.25. The predicted molar refractivity (Wildman–Crippen MR) is 62.2 cm³/mol. The summed E-state index contributed by atoms with van der Waals surface area (Å²) in [4.78, 5) is 4.13. The Morgan fingerprint density at radius 1 is 1.12 bits per heavy atom. The quantitative estimate of drug-likeness (QED) is 0.783. The first kappa shape index (κ1) is 9.55. The molecule has 2 aromatic rings. The average Bonchev–Trinajstić information content (AvgIpc) is 2.66. The van der Waals surface area contributed by atoms with Crippen molar-refractivity contribution in [1.82, 2.24) is 4.98 Å². The normalized spacial score (nSPS) is 23.1. The van der Waals surface area contributed by atoms with Crippen LogP contribution in [-0.4, -0.2) is 16.2 Å². The Balaban J connectivity index is 2.09. The predicted octanol–water partition coefficient (Wildman–Crippen LogP) is 2.13. The fourth-order valence-corrected chi connectivity index (χ4v) is 2.54. The van der Waals surface area contributed by atoms with Crippen LogP contribution in [0.5, 0.6) is 0 Å². The highest BCUT2D eigenvalue weighted by molar-refractivity contribution is 5.43. The van der Waals surface area contributed by atoms with Gasteiger partial charge in [-0.25, -0.2) is 0 Å². The Labute approximate surface area is 94.6 Å². The topological polar surface area (TPSA) is 33.1 Å². The molecule has 0 saturated carbocycles. The Morgan fingerprint density at radius 2 is 2.00 bits per heavy atom. The Bertz CT molecular complexity index is 495. The van der Waals surface area contributed by atoms with Crippen LogP contribution in [0.25, 0.3) is 0 Å². The fourth-order valence-electron chi connectivity index (χ4n) is 2.54. The molecule has 1 aliphatic rings. The molecular weight excluding hydrogens is 198 g/mol. The van der Waals surface area contributed by atoms with Gasteiger partial charge in [-0.3, -0.25) is 4.98 Å². The molecule has 1 aromatic carbocycles. The molecule has 0 saturated heterocycles. The van der Waals surface area contributed by atoms with Crippen molar-refractivity contribution < 1.29 is 5.11 Å². The van der Waals surface area contributed by atoms with Gasteiger partial charge in [-0.2, -0.15) is 0 Å². The third kappa shape index (κ3) is 1.42. The van der Waals surface area contributed by atoms with Crippen molar-refractivity contribution in [3.63, 3.8) is 0 Å². The lowest BCUT2D eigenvalue weighted by Crippen LogP contribution is -2.14. The van der Waals surface area contributed by atoms with E-state index in [2.05, 4.69) is 17.1 Å². The minimum atomic E-state index is -0.318. The van der Waals surface area contributed by atoms with Crippen LogP contribution in [0.1, 0.15) is 22.6 Å². The summed E-state index contributed by atoms with van der Waals surface area (Å²) in [5.41, 5.74) is 3.59. The van der Waals surface area contributed by atoms with E-state index in [1.54, 1.807) is 6.20 Å². The second kappa shape index (κ2) is 3.72. The van der Waals surface area contributed by atoms with Gasteiger partial charge in [-0.05, 0) is 29.2 Å². The summed E-state index contributed by atoms with van der Waals surface area (Å²) in [7, 11) is 0. The highest BCUT2D eigenvalue weighted by Crippen LogP contribution is 2.37. The van der Waals surface area contributed by atoms with Gasteiger partial charge in [0, 0.05) is 18.3 Å². The number of aliphatic hydroxyl groups is 1. The van der Waals surface area contributed by atoms with Gasteiger partial charge >= 0.3 is 0 Å². The number of hydrogen-bond acceptors (Lipinski definition) is 2. The van der Waals surface area contributed by atoms with Crippen LogP contribution >= 0.6 is 0 Å². The molecule has 0 amide bonds. The maximum Gasteiger partial charge on any atom is 0.0690 e. The zero-order valence-corrected chi connectivity index (χ0v) is 8.88. The van der Waals surface area contributed by atoms with E-state index in [4.69, 9.17) is 0 Å². The van der Waals surface area contributed by atoms with Crippen LogP contribution < -0.4 is 0 Å². The molecule has 3 rings (SSSR count). The summed E-state index contributed by atoms with van der Waals surface area (Å²) >= 11 is 0. The number of aliphatic hydroxyl groups excluding tert-OH is 1. The van der Waals surface area contributed by atoms with Crippen LogP contribution in [0.15, 0.2) is 48.8 Å². The minimum Gasteiger partial charge on any atom is -0.392 e. The molecule has 2 unspecified atom stereocenters. The van der Waals surface area contributed by atoms with Crippen LogP contribution in [0.4, 0.5) is 0 Å². The third-order valence-electron chi connectivity index (χ3n) is 3.25. The first-order chi connectivity index (χ1) is 7.86. The summed E-state index contributed by atoms with van der Waals surface area (Å²) in [5, 5.41) is 10.1. The van der Waals surface area contributed by atoms with E-state index in [9.17, 15) is 5.11 Å². The van der Waals surface area contributed by atoms with Crippen molar-refractivity contribution >= 4 is 0 Å².